The van der Waals surface area contributed by atoms with Crippen molar-refractivity contribution in [3.63, 3.8) is 0 Å². The smallest absolute Gasteiger partial charge is 0.160 e. The molecule has 4 nitrogen and oxygen atoms in total. The fourth-order valence-electron chi connectivity index (χ4n) is 5.27. The number of methoxy groups -OCH3 is 1. The second kappa shape index (κ2) is 7.94. The average Bonchev–Trinajstić information content (AvgIpc) is 2.70. The predicted octanol–water partition coefficient (Wildman–Crippen LogP) is 3.51. The zero-order valence-corrected chi connectivity index (χ0v) is 17.1. The molecule has 28 heavy (non-hydrogen) atoms. The lowest BCUT2D eigenvalue weighted by molar-refractivity contribution is -0.958. The first kappa shape index (κ1) is 19.6. The van der Waals surface area contributed by atoms with Crippen LogP contribution in [0.3, 0.4) is 0 Å². The summed E-state index contributed by atoms with van der Waals surface area (Å²) in [5, 5.41) is 22.2. The number of aromatic hydroxyl groups is 1. The molecular weight excluding hydrogens is 374 g/mol. The monoisotopic (exact) mass is 402 g/mol. The van der Waals surface area contributed by atoms with Crippen molar-refractivity contribution < 1.29 is 19.8 Å². The van der Waals surface area contributed by atoms with Gasteiger partial charge in [-0.05, 0) is 43.2 Å². The number of quaternary nitrogens is 1. The van der Waals surface area contributed by atoms with E-state index in [0.717, 1.165) is 55.8 Å². The van der Waals surface area contributed by atoms with E-state index in [0.29, 0.717) is 5.75 Å². The van der Waals surface area contributed by atoms with Crippen molar-refractivity contribution in [2.24, 2.45) is 5.92 Å². The Balaban J connectivity index is 1.70. The molecule has 0 spiro atoms. The van der Waals surface area contributed by atoms with Gasteiger partial charge in [-0.2, -0.15) is 0 Å². The van der Waals surface area contributed by atoms with Crippen LogP contribution in [-0.2, 0) is 6.54 Å². The van der Waals surface area contributed by atoms with Crippen molar-refractivity contribution in [2.45, 2.75) is 50.3 Å². The molecule has 1 heterocycles. The minimum absolute atomic E-state index is 0.153. The normalized spacial score (nSPS) is 29.9. The highest BCUT2D eigenvalue weighted by molar-refractivity contribution is 6.30. The molecule has 1 saturated heterocycles. The first-order chi connectivity index (χ1) is 13.5. The van der Waals surface area contributed by atoms with E-state index in [1.165, 1.54) is 10.5 Å². The molecule has 150 valence electrons. The lowest BCUT2D eigenvalue weighted by atomic mass is 9.66. The minimum Gasteiger partial charge on any atom is -0.504 e. The Kier molecular flexibility index (Phi) is 5.55. The molecular formula is C23H29ClNO3+. The summed E-state index contributed by atoms with van der Waals surface area (Å²) in [5.41, 5.74) is 1.79. The van der Waals surface area contributed by atoms with Gasteiger partial charge >= 0.3 is 0 Å². The first-order valence-corrected chi connectivity index (χ1v) is 10.6. The zero-order chi connectivity index (χ0) is 19.7. The maximum atomic E-state index is 11.4. The summed E-state index contributed by atoms with van der Waals surface area (Å²) in [4.78, 5) is 1.45. The maximum Gasteiger partial charge on any atom is 0.160 e. The first-order valence-electron chi connectivity index (χ1n) is 10.2. The number of benzene rings is 2. The molecule has 2 fully saturated rings. The van der Waals surface area contributed by atoms with Crippen molar-refractivity contribution in [3.8, 4) is 11.5 Å². The van der Waals surface area contributed by atoms with Crippen molar-refractivity contribution >= 4 is 11.6 Å². The van der Waals surface area contributed by atoms with Crippen molar-refractivity contribution in [2.75, 3.05) is 13.7 Å². The summed E-state index contributed by atoms with van der Waals surface area (Å²) in [7, 11) is 1.58. The third kappa shape index (κ3) is 3.73. The molecule has 5 heteroatoms. The molecule has 0 bridgehead atoms. The number of phenolic OH excluding ortho intramolecular Hbond substituents is 1. The Morgan fingerprint density at radius 1 is 1.14 bits per heavy atom. The molecule has 4 rings (SSSR count). The van der Waals surface area contributed by atoms with Crippen LogP contribution in [0.1, 0.15) is 49.3 Å². The molecule has 2 aromatic carbocycles. The molecule has 1 aliphatic heterocycles. The predicted molar refractivity (Wildman–Crippen MR) is 110 cm³/mol. The molecule has 1 saturated carbocycles. The summed E-state index contributed by atoms with van der Waals surface area (Å²) in [5.74, 6) is 0.861. The van der Waals surface area contributed by atoms with E-state index in [2.05, 4.69) is 12.1 Å². The summed E-state index contributed by atoms with van der Waals surface area (Å²) in [6, 6.07) is 13.9. The third-order valence-electron chi connectivity index (χ3n) is 6.69. The largest absolute Gasteiger partial charge is 0.504 e. The van der Waals surface area contributed by atoms with Gasteiger partial charge in [0.25, 0.3) is 0 Å². The maximum absolute atomic E-state index is 11.4. The second-order valence-corrected chi connectivity index (χ2v) is 8.76. The van der Waals surface area contributed by atoms with Gasteiger partial charge in [0.05, 0.1) is 19.3 Å². The van der Waals surface area contributed by atoms with E-state index in [9.17, 15) is 10.2 Å². The number of ether oxygens (including phenoxy) is 1. The SMILES string of the molecule is COc1cc([C@@H]2[C@@H]3CCCC[C@@]3(O)CC[NH+]2Cc2ccc(Cl)cc2)ccc1O. The van der Waals surface area contributed by atoms with Gasteiger partial charge in [-0.15, -0.1) is 0 Å². The van der Waals surface area contributed by atoms with Gasteiger partial charge in [0.15, 0.2) is 11.5 Å². The Morgan fingerprint density at radius 3 is 2.68 bits per heavy atom. The van der Waals surface area contributed by atoms with Gasteiger partial charge in [0.1, 0.15) is 12.6 Å². The van der Waals surface area contributed by atoms with Crippen LogP contribution in [0.2, 0.25) is 5.02 Å². The average molecular weight is 403 g/mol. The summed E-state index contributed by atoms with van der Waals surface area (Å²) in [6.07, 6.45) is 5.02. The molecule has 0 radical (unpaired) electrons. The van der Waals surface area contributed by atoms with Crippen LogP contribution >= 0.6 is 11.6 Å². The number of piperidine rings is 1. The number of rotatable bonds is 4. The van der Waals surface area contributed by atoms with Crippen molar-refractivity contribution in [1.82, 2.24) is 0 Å². The molecule has 1 aliphatic carbocycles. The van der Waals surface area contributed by atoms with E-state index >= 15 is 0 Å². The van der Waals surface area contributed by atoms with E-state index in [1.807, 2.05) is 24.3 Å². The Bertz CT molecular complexity index is 825. The summed E-state index contributed by atoms with van der Waals surface area (Å²) < 4.78 is 5.37. The van der Waals surface area contributed by atoms with Crippen molar-refractivity contribution in [3.05, 3.63) is 58.6 Å². The Labute approximate surface area is 171 Å². The Morgan fingerprint density at radius 2 is 1.93 bits per heavy atom. The zero-order valence-electron chi connectivity index (χ0n) is 16.3. The van der Waals surface area contributed by atoms with Crippen LogP contribution in [0, 0.1) is 5.92 Å². The quantitative estimate of drug-likeness (QED) is 0.733. The van der Waals surface area contributed by atoms with Crippen LogP contribution in [0.5, 0.6) is 11.5 Å². The van der Waals surface area contributed by atoms with Crippen LogP contribution in [0.15, 0.2) is 42.5 Å². The number of fused-ring (bicyclic) bond motifs is 1. The fraction of sp³-hybridized carbons (Fsp3) is 0.478. The summed E-state index contributed by atoms with van der Waals surface area (Å²) >= 11 is 6.06. The van der Waals surface area contributed by atoms with Crippen LogP contribution < -0.4 is 9.64 Å². The second-order valence-electron chi connectivity index (χ2n) is 8.33. The van der Waals surface area contributed by atoms with Gasteiger partial charge in [-0.3, -0.25) is 0 Å². The van der Waals surface area contributed by atoms with Gasteiger partial charge in [-0.25, -0.2) is 0 Å². The van der Waals surface area contributed by atoms with Crippen LogP contribution in [0.4, 0.5) is 0 Å². The molecule has 0 aromatic heterocycles. The van der Waals surface area contributed by atoms with Gasteiger partial charge < -0.3 is 19.8 Å². The number of hydrogen-bond acceptors (Lipinski definition) is 3. The highest BCUT2D eigenvalue weighted by Crippen LogP contribution is 2.45. The molecule has 3 N–H and O–H groups in total. The molecule has 4 atom stereocenters. The number of halogens is 1. The fourth-order valence-corrected chi connectivity index (χ4v) is 5.40. The van der Waals surface area contributed by atoms with E-state index in [4.69, 9.17) is 16.3 Å². The number of hydrogen-bond donors (Lipinski definition) is 3. The number of likely N-dealkylation sites (tertiary alicyclic amines) is 1. The van der Waals surface area contributed by atoms with Gasteiger partial charge in [0, 0.05) is 28.5 Å². The standard InChI is InChI=1S/C23H28ClNO3/c1-28-21-14-17(7-10-20(21)26)22-19-4-2-3-11-23(19,27)12-13-25(22)15-16-5-8-18(24)9-6-16/h5-10,14,19,22,26-27H,2-4,11-13,15H2,1H3/p+1/t19-,22+,23+/m0/s1. The highest BCUT2D eigenvalue weighted by atomic mass is 35.5. The third-order valence-corrected chi connectivity index (χ3v) is 6.95. The minimum atomic E-state index is -0.586. The van der Waals surface area contributed by atoms with E-state index in [-0.39, 0.29) is 17.7 Å². The topological polar surface area (TPSA) is 54.1 Å². The lowest BCUT2D eigenvalue weighted by Gasteiger charge is -2.50. The number of phenols is 1. The van der Waals surface area contributed by atoms with Crippen LogP contribution in [0.25, 0.3) is 0 Å². The summed E-state index contributed by atoms with van der Waals surface area (Å²) in [6.45, 7) is 1.81. The van der Waals surface area contributed by atoms with Crippen LogP contribution in [-0.4, -0.2) is 29.5 Å². The Hall–Kier alpha value is -1.75. The number of nitrogens with one attached hydrogen (secondary N) is 1. The highest BCUT2D eigenvalue weighted by Gasteiger charge is 2.51. The number of aliphatic hydroxyl groups is 1. The van der Waals surface area contributed by atoms with Crippen molar-refractivity contribution in [1.29, 1.82) is 0 Å². The van der Waals surface area contributed by atoms with E-state index < -0.39 is 5.60 Å². The molecule has 2 aromatic rings. The molecule has 1 unspecified atom stereocenters. The molecule has 2 aliphatic rings. The van der Waals surface area contributed by atoms with E-state index in [1.54, 1.807) is 13.2 Å². The molecule has 0 amide bonds. The lowest BCUT2D eigenvalue weighted by Crippen LogP contribution is -3.13. The van der Waals surface area contributed by atoms with Gasteiger partial charge in [0.2, 0.25) is 0 Å². The van der Waals surface area contributed by atoms with Gasteiger partial charge in [-0.1, -0.05) is 36.6 Å².